The van der Waals surface area contributed by atoms with Gasteiger partial charge in [0.2, 0.25) is 0 Å². The van der Waals surface area contributed by atoms with Gasteiger partial charge in [0, 0.05) is 6.54 Å². The lowest BCUT2D eigenvalue weighted by Gasteiger charge is -2.18. The zero-order valence-electron chi connectivity index (χ0n) is 8.84. The van der Waals surface area contributed by atoms with Gasteiger partial charge in [-0.1, -0.05) is 12.0 Å². The first kappa shape index (κ1) is 12.2. The molecule has 0 atom stereocenters. The summed E-state index contributed by atoms with van der Waals surface area (Å²) in [5.41, 5.74) is -0.294. The first-order valence-corrected chi connectivity index (χ1v) is 4.78. The first-order chi connectivity index (χ1) is 7.61. The highest BCUT2D eigenvalue weighted by atomic mass is 19.2. The summed E-state index contributed by atoms with van der Waals surface area (Å²) in [6.07, 6.45) is 5.08. The van der Waals surface area contributed by atoms with E-state index in [4.69, 9.17) is 6.42 Å². The number of hydrogen-bond donors (Lipinski definition) is 0. The molecule has 1 aromatic carbocycles. The lowest BCUT2D eigenvalue weighted by molar-refractivity contribution is 0.0779. The predicted octanol–water partition coefficient (Wildman–Crippen LogP) is 2.06. The van der Waals surface area contributed by atoms with Crippen LogP contribution >= 0.6 is 0 Å². The van der Waals surface area contributed by atoms with Crippen molar-refractivity contribution in [3.8, 4) is 12.3 Å². The van der Waals surface area contributed by atoms with Gasteiger partial charge in [-0.15, -0.1) is 6.42 Å². The van der Waals surface area contributed by atoms with Crippen molar-refractivity contribution < 1.29 is 13.6 Å². The zero-order valence-corrected chi connectivity index (χ0v) is 8.84. The Bertz CT molecular complexity index is 437. The van der Waals surface area contributed by atoms with Gasteiger partial charge >= 0.3 is 0 Å². The fraction of sp³-hybridized carbons (Fsp3) is 0.250. The molecule has 0 saturated carbocycles. The summed E-state index contributed by atoms with van der Waals surface area (Å²) in [7, 11) is 0. The Labute approximate surface area is 92.9 Å². The number of hydrogen-bond acceptors (Lipinski definition) is 1. The van der Waals surface area contributed by atoms with Crippen molar-refractivity contribution in [2.24, 2.45) is 0 Å². The van der Waals surface area contributed by atoms with Crippen molar-refractivity contribution in [1.29, 1.82) is 0 Å². The highest BCUT2D eigenvalue weighted by Crippen LogP contribution is 2.13. The number of rotatable bonds is 3. The Morgan fingerprint density at radius 1 is 1.50 bits per heavy atom. The molecule has 84 valence electrons. The minimum Gasteiger partial charge on any atom is -0.328 e. The highest BCUT2D eigenvalue weighted by Gasteiger charge is 2.19. The normalized spacial score (nSPS) is 9.62. The number of carbonyl (C=O) groups is 1. The average Bonchev–Trinajstić information content (AvgIpc) is 2.29. The third kappa shape index (κ3) is 2.37. The Hall–Kier alpha value is -1.89. The lowest BCUT2D eigenvalue weighted by atomic mass is 10.1. The van der Waals surface area contributed by atoms with E-state index >= 15 is 0 Å². The van der Waals surface area contributed by atoms with Gasteiger partial charge in [0.25, 0.3) is 5.91 Å². The molecule has 0 radical (unpaired) electrons. The van der Waals surface area contributed by atoms with Gasteiger partial charge in [-0.05, 0) is 19.1 Å². The van der Waals surface area contributed by atoms with E-state index in [1.165, 1.54) is 17.0 Å². The maximum atomic E-state index is 13.3. The van der Waals surface area contributed by atoms with Crippen molar-refractivity contribution in [2.75, 3.05) is 13.1 Å². The molecule has 1 amide bonds. The number of amides is 1. The summed E-state index contributed by atoms with van der Waals surface area (Å²) in [6, 6.07) is 3.48. The number of terminal acetylenes is 1. The SMILES string of the molecule is C#CCN(CC)C(=O)c1cccc(F)c1F. The second kappa shape index (κ2) is 5.26. The van der Waals surface area contributed by atoms with Crippen molar-refractivity contribution in [3.05, 3.63) is 35.4 Å². The van der Waals surface area contributed by atoms with Gasteiger partial charge in [-0.3, -0.25) is 4.79 Å². The topological polar surface area (TPSA) is 20.3 Å². The first-order valence-electron chi connectivity index (χ1n) is 4.78. The Balaban J connectivity index is 3.05. The third-order valence-corrected chi connectivity index (χ3v) is 2.13. The molecule has 0 spiro atoms. The third-order valence-electron chi connectivity index (χ3n) is 2.13. The summed E-state index contributed by atoms with van der Waals surface area (Å²) in [5, 5.41) is 0. The molecule has 4 heteroatoms. The molecule has 0 bridgehead atoms. The number of halogens is 2. The summed E-state index contributed by atoms with van der Waals surface area (Å²) < 4.78 is 26.2. The van der Waals surface area contributed by atoms with E-state index in [9.17, 15) is 13.6 Å². The molecular weight excluding hydrogens is 212 g/mol. The van der Waals surface area contributed by atoms with Gasteiger partial charge < -0.3 is 4.90 Å². The number of benzene rings is 1. The molecule has 0 aliphatic rings. The summed E-state index contributed by atoms with van der Waals surface area (Å²) in [5.74, 6) is -0.483. The molecule has 16 heavy (non-hydrogen) atoms. The molecule has 0 aliphatic heterocycles. The van der Waals surface area contributed by atoms with E-state index in [0.717, 1.165) is 6.07 Å². The monoisotopic (exact) mass is 223 g/mol. The largest absolute Gasteiger partial charge is 0.328 e. The quantitative estimate of drug-likeness (QED) is 0.718. The van der Waals surface area contributed by atoms with Crippen LogP contribution in [0.4, 0.5) is 8.78 Å². The van der Waals surface area contributed by atoms with Crippen LogP contribution in [0.1, 0.15) is 17.3 Å². The van der Waals surface area contributed by atoms with Crippen LogP contribution in [-0.2, 0) is 0 Å². The molecule has 0 aliphatic carbocycles. The average molecular weight is 223 g/mol. The van der Waals surface area contributed by atoms with Crippen molar-refractivity contribution in [2.45, 2.75) is 6.92 Å². The standard InChI is InChI=1S/C12H11F2NO/c1-3-8-15(4-2)12(16)9-6-5-7-10(13)11(9)14/h1,5-7H,4,8H2,2H3. The van der Waals surface area contributed by atoms with Crippen molar-refractivity contribution in [3.63, 3.8) is 0 Å². The Morgan fingerprint density at radius 2 is 2.19 bits per heavy atom. The molecular formula is C12H11F2NO. The molecule has 0 heterocycles. The van der Waals surface area contributed by atoms with E-state index in [0.29, 0.717) is 6.54 Å². The molecule has 0 fully saturated rings. The fourth-order valence-corrected chi connectivity index (χ4v) is 1.28. The summed E-state index contributed by atoms with van der Waals surface area (Å²) >= 11 is 0. The maximum absolute atomic E-state index is 13.3. The molecule has 0 aromatic heterocycles. The second-order valence-corrected chi connectivity index (χ2v) is 3.12. The molecule has 0 unspecified atom stereocenters. The Kier molecular flexibility index (Phi) is 4.01. The van der Waals surface area contributed by atoms with Crippen LogP contribution in [0.2, 0.25) is 0 Å². The molecule has 0 saturated heterocycles. The van der Waals surface area contributed by atoms with Gasteiger partial charge in [0.1, 0.15) is 0 Å². The lowest BCUT2D eigenvalue weighted by Crippen LogP contribution is -2.31. The van der Waals surface area contributed by atoms with E-state index in [-0.39, 0.29) is 12.1 Å². The van der Waals surface area contributed by atoms with Gasteiger partial charge in [-0.2, -0.15) is 0 Å². The molecule has 2 nitrogen and oxygen atoms in total. The molecule has 1 aromatic rings. The van der Waals surface area contributed by atoms with Gasteiger partial charge in [-0.25, -0.2) is 8.78 Å². The fourth-order valence-electron chi connectivity index (χ4n) is 1.28. The highest BCUT2D eigenvalue weighted by molar-refractivity contribution is 5.94. The predicted molar refractivity (Wildman–Crippen MR) is 56.8 cm³/mol. The van der Waals surface area contributed by atoms with E-state index in [2.05, 4.69) is 5.92 Å². The van der Waals surface area contributed by atoms with Crippen LogP contribution in [0.25, 0.3) is 0 Å². The second-order valence-electron chi connectivity index (χ2n) is 3.12. The minimum atomic E-state index is -1.14. The van der Waals surface area contributed by atoms with Crippen LogP contribution in [0.3, 0.4) is 0 Å². The smallest absolute Gasteiger partial charge is 0.257 e. The number of nitrogens with zero attached hydrogens (tertiary/aromatic N) is 1. The van der Waals surface area contributed by atoms with E-state index in [1.54, 1.807) is 6.92 Å². The zero-order chi connectivity index (χ0) is 12.1. The maximum Gasteiger partial charge on any atom is 0.257 e. The molecule has 0 N–H and O–H groups in total. The number of carbonyl (C=O) groups excluding carboxylic acids is 1. The van der Waals surface area contributed by atoms with Crippen LogP contribution in [0.15, 0.2) is 18.2 Å². The van der Waals surface area contributed by atoms with Crippen LogP contribution in [0.5, 0.6) is 0 Å². The van der Waals surface area contributed by atoms with E-state index in [1.807, 2.05) is 0 Å². The summed E-state index contributed by atoms with van der Waals surface area (Å²) in [4.78, 5) is 13.0. The summed E-state index contributed by atoms with van der Waals surface area (Å²) in [6.45, 7) is 2.14. The van der Waals surface area contributed by atoms with E-state index < -0.39 is 17.5 Å². The van der Waals surface area contributed by atoms with Gasteiger partial charge in [0.15, 0.2) is 11.6 Å². The molecule has 1 rings (SSSR count). The van der Waals surface area contributed by atoms with Crippen LogP contribution < -0.4 is 0 Å². The van der Waals surface area contributed by atoms with Crippen molar-refractivity contribution >= 4 is 5.91 Å². The van der Waals surface area contributed by atoms with Crippen LogP contribution in [-0.4, -0.2) is 23.9 Å². The van der Waals surface area contributed by atoms with Crippen LogP contribution in [0, 0.1) is 24.0 Å². The minimum absolute atomic E-state index is 0.0747. The Morgan fingerprint density at radius 3 is 2.75 bits per heavy atom. The van der Waals surface area contributed by atoms with Crippen molar-refractivity contribution in [1.82, 2.24) is 4.90 Å². The van der Waals surface area contributed by atoms with Gasteiger partial charge in [0.05, 0.1) is 12.1 Å².